The van der Waals surface area contributed by atoms with Gasteiger partial charge in [0.15, 0.2) is 0 Å². The molecule has 0 unspecified atom stereocenters. The van der Waals surface area contributed by atoms with Crippen molar-refractivity contribution in [2.24, 2.45) is 5.10 Å². The second kappa shape index (κ2) is 3.84. The molecule has 0 saturated carbocycles. The lowest BCUT2D eigenvalue weighted by Gasteiger charge is -2.10. The van der Waals surface area contributed by atoms with Gasteiger partial charge in [0, 0.05) is 0 Å². The zero-order valence-electron chi connectivity index (χ0n) is 8.10. The van der Waals surface area contributed by atoms with E-state index in [1.54, 1.807) is 0 Å². The average Bonchev–Trinajstić information content (AvgIpc) is 2.62. The number of hydrogen-bond donors (Lipinski definition) is 1. The molecule has 2 N–H and O–H groups in total. The van der Waals surface area contributed by atoms with E-state index >= 15 is 0 Å². The topological polar surface area (TPSA) is 71.6 Å². The van der Waals surface area contributed by atoms with Crippen LogP contribution in [-0.2, 0) is 4.79 Å². The summed E-state index contributed by atoms with van der Waals surface area (Å²) in [4.78, 5) is 15.1. The summed E-state index contributed by atoms with van der Waals surface area (Å²) in [5.74, 6) is -0.213. The fraction of sp³-hybridized carbons (Fsp3) is 0.222. The molecule has 0 aromatic carbocycles. The molecule has 1 aromatic rings. The van der Waals surface area contributed by atoms with Gasteiger partial charge in [-0.25, -0.2) is 13.8 Å². The highest BCUT2D eigenvalue weighted by Gasteiger charge is 2.30. The third kappa shape index (κ3) is 1.83. The first kappa shape index (κ1) is 10.5. The molecular weight excluding hydrogens is 218 g/mol. The van der Waals surface area contributed by atoms with Crippen LogP contribution in [0.15, 0.2) is 23.4 Å². The number of nitrogens with two attached hydrogens (primary N) is 1. The van der Waals surface area contributed by atoms with Crippen LogP contribution >= 0.6 is 0 Å². The summed E-state index contributed by atoms with van der Waals surface area (Å²) >= 11 is 0. The number of amides is 1. The summed E-state index contributed by atoms with van der Waals surface area (Å²) in [5, 5.41) is 4.45. The molecule has 0 spiro atoms. The van der Waals surface area contributed by atoms with Crippen molar-refractivity contribution in [2.45, 2.75) is 12.8 Å². The fourth-order valence-electron chi connectivity index (χ4n) is 1.29. The van der Waals surface area contributed by atoms with E-state index < -0.39 is 18.0 Å². The summed E-state index contributed by atoms with van der Waals surface area (Å²) in [6, 6.07) is 2.97. The van der Waals surface area contributed by atoms with E-state index in [-0.39, 0.29) is 12.2 Å². The number of carbonyl (C=O) groups is 1. The van der Waals surface area contributed by atoms with Crippen LogP contribution in [0.3, 0.4) is 0 Å². The van der Waals surface area contributed by atoms with Gasteiger partial charge in [-0.2, -0.15) is 10.1 Å². The van der Waals surface area contributed by atoms with Crippen molar-refractivity contribution in [3.05, 3.63) is 18.3 Å². The van der Waals surface area contributed by atoms with Crippen LogP contribution in [0, 0.1) is 0 Å². The Balaban J connectivity index is 2.28. The van der Waals surface area contributed by atoms with E-state index in [9.17, 15) is 13.6 Å². The monoisotopic (exact) mass is 226 g/mol. The van der Waals surface area contributed by atoms with Crippen molar-refractivity contribution in [1.82, 2.24) is 4.98 Å². The Morgan fingerprint density at radius 1 is 1.44 bits per heavy atom. The number of carbonyl (C=O) groups excluding carboxylic acids is 1. The molecule has 1 aliphatic heterocycles. The minimum Gasteiger partial charge on any atom is -0.384 e. The van der Waals surface area contributed by atoms with Gasteiger partial charge in [-0.15, -0.1) is 0 Å². The van der Waals surface area contributed by atoms with Crippen molar-refractivity contribution < 1.29 is 13.6 Å². The van der Waals surface area contributed by atoms with Crippen LogP contribution in [0.2, 0.25) is 0 Å². The molecule has 0 fully saturated rings. The van der Waals surface area contributed by atoms with Gasteiger partial charge in [-0.05, 0) is 12.1 Å². The number of nitrogens with zero attached hydrogens (tertiary/aromatic N) is 3. The van der Waals surface area contributed by atoms with Crippen LogP contribution in [0.5, 0.6) is 0 Å². The number of alkyl halides is 2. The molecule has 2 rings (SSSR count). The van der Waals surface area contributed by atoms with Crippen molar-refractivity contribution in [3.8, 4) is 0 Å². The summed E-state index contributed by atoms with van der Waals surface area (Å²) < 4.78 is 24.6. The van der Waals surface area contributed by atoms with Crippen molar-refractivity contribution in [2.75, 3.05) is 10.7 Å². The minimum atomic E-state index is -2.71. The van der Waals surface area contributed by atoms with Gasteiger partial charge in [0.2, 0.25) is 0 Å². The predicted octanol–water partition coefficient (Wildman–Crippen LogP) is 1.02. The minimum absolute atomic E-state index is 0.286. The van der Waals surface area contributed by atoms with Gasteiger partial charge < -0.3 is 5.73 Å². The first-order valence-electron chi connectivity index (χ1n) is 4.48. The third-order valence-corrected chi connectivity index (χ3v) is 2.06. The molecular formula is C9H8F2N4O. The van der Waals surface area contributed by atoms with E-state index in [1.165, 1.54) is 18.3 Å². The molecule has 5 nitrogen and oxygen atoms in total. The average molecular weight is 226 g/mol. The Hall–Kier alpha value is -2.05. The predicted molar refractivity (Wildman–Crippen MR) is 54.2 cm³/mol. The van der Waals surface area contributed by atoms with Gasteiger partial charge in [0.1, 0.15) is 11.5 Å². The molecule has 0 bridgehead atoms. The van der Waals surface area contributed by atoms with E-state index in [0.717, 1.165) is 5.01 Å². The van der Waals surface area contributed by atoms with E-state index in [1.807, 2.05) is 0 Å². The van der Waals surface area contributed by atoms with Gasteiger partial charge >= 0.3 is 0 Å². The molecule has 1 aliphatic rings. The molecule has 2 heterocycles. The molecule has 0 aliphatic carbocycles. The summed E-state index contributed by atoms with van der Waals surface area (Å²) in [6.07, 6.45) is -1.76. The van der Waals surface area contributed by atoms with Crippen LogP contribution < -0.4 is 10.7 Å². The molecule has 0 atom stereocenters. The van der Waals surface area contributed by atoms with Crippen LogP contribution in [-0.4, -0.2) is 23.0 Å². The van der Waals surface area contributed by atoms with Crippen molar-refractivity contribution in [1.29, 1.82) is 0 Å². The van der Waals surface area contributed by atoms with Crippen LogP contribution in [0.1, 0.15) is 6.42 Å². The number of hydrogen-bond acceptors (Lipinski definition) is 4. The van der Waals surface area contributed by atoms with Gasteiger partial charge in [0.05, 0.1) is 18.3 Å². The Bertz CT molecular complexity index is 443. The number of anilines is 2. The third-order valence-electron chi connectivity index (χ3n) is 2.06. The van der Waals surface area contributed by atoms with Gasteiger partial charge in [-0.1, -0.05) is 0 Å². The number of aromatic nitrogens is 1. The maximum atomic E-state index is 12.3. The lowest BCUT2D eigenvalue weighted by molar-refractivity contribution is -0.117. The Kier molecular flexibility index (Phi) is 2.51. The highest BCUT2D eigenvalue weighted by molar-refractivity contribution is 6.13. The normalized spacial score (nSPS) is 15.8. The molecule has 16 heavy (non-hydrogen) atoms. The largest absolute Gasteiger partial charge is 0.384 e. The molecule has 7 heteroatoms. The number of rotatable bonds is 2. The maximum absolute atomic E-state index is 12.3. The number of hydrazone groups is 1. The zero-order chi connectivity index (χ0) is 11.7. The zero-order valence-corrected chi connectivity index (χ0v) is 8.10. The number of halogens is 2. The van der Waals surface area contributed by atoms with Crippen molar-refractivity contribution in [3.63, 3.8) is 0 Å². The standard InChI is InChI=1S/C9H8F2N4O/c10-9(11)6-3-8(16)15(14-6)5-1-2-7(12)13-4-5/h1-2,4,9H,3H2,(H2,12,13). The first-order valence-corrected chi connectivity index (χ1v) is 4.48. The molecule has 84 valence electrons. The van der Waals surface area contributed by atoms with Gasteiger partial charge in [-0.3, -0.25) is 4.79 Å². The highest BCUT2D eigenvalue weighted by Crippen LogP contribution is 2.21. The Morgan fingerprint density at radius 2 is 2.19 bits per heavy atom. The summed E-state index contributed by atoms with van der Waals surface area (Å²) in [5.41, 5.74) is 5.26. The maximum Gasteiger partial charge on any atom is 0.278 e. The second-order valence-corrected chi connectivity index (χ2v) is 3.22. The highest BCUT2D eigenvalue weighted by atomic mass is 19.3. The Morgan fingerprint density at radius 3 is 2.69 bits per heavy atom. The second-order valence-electron chi connectivity index (χ2n) is 3.22. The first-order chi connectivity index (χ1) is 7.58. The molecule has 0 saturated heterocycles. The fourth-order valence-corrected chi connectivity index (χ4v) is 1.29. The van der Waals surface area contributed by atoms with E-state index in [4.69, 9.17) is 5.73 Å². The van der Waals surface area contributed by atoms with Crippen LogP contribution in [0.4, 0.5) is 20.3 Å². The van der Waals surface area contributed by atoms with Gasteiger partial charge in [0.25, 0.3) is 12.3 Å². The number of pyridine rings is 1. The molecule has 0 radical (unpaired) electrons. The smallest absolute Gasteiger partial charge is 0.278 e. The molecule has 1 aromatic heterocycles. The summed E-state index contributed by atoms with van der Waals surface area (Å²) in [6.45, 7) is 0. The Labute approximate surface area is 89.6 Å². The quantitative estimate of drug-likeness (QED) is 0.818. The number of nitrogen functional groups attached to an aromatic ring is 1. The van der Waals surface area contributed by atoms with Crippen LogP contribution in [0.25, 0.3) is 0 Å². The summed E-state index contributed by atoms with van der Waals surface area (Å²) in [7, 11) is 0. The van der Waals surface area contributed by atoms with E-state index in [0.29, 0.717) is 5.69 Å². The SMILES string of the molecule is Nc1ccc(N2N=C(C(F)F)CC2=O)cn1. The van der Waals surface area contributed by atoms with E-state index in [2.05, 4.69) is 10.1 Å². The van der Waals surface area contributed by atoms with Crippen molar-refractivity contribution >= 4 is 23.1 Å². The lowest BCUT2D eigenvalue weighted by Crippen LogP contribution is -2.19. The molecule has 1 amide bonds. The lowest BCUT2D eigenvalue weighted by atomic mass is 10.3.